The summed E-state index contributed by atoms with van der Waals surface area (Å²) in [4.78, 5) is 14.8. The van der Waals surface area contributed by atoms with Gasteiger partial charge in [0.25, 0.3) is 0 Å². The summed E-state index contributed by atoms with van der Waals surface area (Å²) in [5.74, 6) is 0.594. The molecule has 1 unspecified atom stereocenters. The summed E-state index contributed by atoms with van der Waals surface area (Å²) in [6.45, 7) is 11.4. The summed E-state index contributed by atoms with van der Waals surface area (Å²) >= 11 is 0. The molecule has 23 heavy (non-hydrogen) atoms. The standard InChI is InChI=1S/C19H29NO3/c1-5-10-22-17-11-14(2)18(15(3)12-17)19(21)23-13-16(4)20-8-6-7-9-20/h11-12,16H,5-10,13H2,1-4H3. The van der Waals surface area contributed by atoms with E-state index in [4.69, 9.17) is 9.47 Å². The first-order valence-electron chi connectivity index (χ1n) is 8.68. The number of esters is 1. The van der Waals surface area contributed by atoms with E-state index in [1.165, 1.54) is 12.8 Å². The van der Waals surface area contributed by atoms with Crippen LogP contribution in [-0.2, 0) is 4.74 Å². The van der Waals surface area contributed by atoms with Gasteiger partial charge in [-0.3, -0.25) is 4.90 Å². The maximum Gasteiger partial charge on any atom is 0.338 e. The molecule has 1 fully saturated rings. The van der Waals surface area contributed by atoms with E-state index < -0.39 is 0 Å². The van der Waals surface area contributed by atoms with E-state index in [-0.39, 0.29) is 12.0 Å². The summed E-state index contributed by atoms with van der Waals surface area (Å²) in [5, 5.41) is 0. The Morgan fingerprint density at radius 2 is 1.83 bits per heavy atom. The van der Waals surface area contributed by atoms with Gasteiger partial charge in [0.05, 0.1) is 12.2 Å². The van der Waals surface area contributed by atoms with Crippen LogP contribution in [0.3, 0.4) is 0 Å². The minimum atomic E-state index is -0.229. The van der Waals surface area contributed by atoms with Gasteiger partial charge in [0.1, 0.15) is 12.4 Å². The second kappa shape index (κ2) is 8.34. The number of hydrogen-bond donors (Lipinski definition) is 0. The van der Waals surface area contributed by atoms with Gasteiger partial charge in [-0.25, -0.2) is 4.79 Å². The van der Waals surface area contributed by atoms with E-state index in [1.54, 1.807) is 0 Å². The first-order chi connectivity index (χ1) is 11.0. The Kier molecular flexibility index (Phi) is 6.46. The van der Waals surface area contributed by atoms with Gasteiger partial charge in [-0.2, -0.15) is 0 Å². The average Bonchev–Trinajstić information content (AvgIpc) is 3.04. The van der Waals surface area contributed by atoms with Crippen LogP contribution in [0.1, 0.15) is 54.6 Å². The van der Waals surface area contributed by atoms with Crippen LogP contribution < -0.4 is 4.74 Å². The van der Waals surface area contributed by atoms with E-state index in [1.807, 2.05) is 26.0 Å². The van der Waals surface area contributed by atoms with Crippen LogP contribution >= 0.6 is 0 Å². The fourth-order valence-corrected chi connectivity index (χ4v) is 3.11. The molecule has 1 atom stereocenters. The van der Waals surface area contributed by atoms with Crippen LogP contribution in [0.5, 0.6) is 5.75 Å². The number of likely N-dealkylation sites (tertiary alicyclic amines) is 1. The molecule has 0 spiro atoms. The number of aryl methyl sites for hydroxylation is 2. The molecule has 0 amide bonds. The van der Waals surface area contributed by atoms with Crippen molar-refractivity contribution in [1.29, 1.82) is 0 Å². The summed E-state index contributed by atoms with van der Waals surface area (Å²) in [6.07, 6.45) is 3.46. The van der Waals surface area contributed by atoms with Gasteiger partial charge in [0, 0.05) is 6.04 Å². The maximum atomic E-state index is 12.4. The molecule has 0 aliphatic carbocycles. The SMILES string of the molecule is CCCOc1cc(C)c(C(=O)OCC(C)N2CCCC2)c(C)c1. The number of carbonyl (C=O) groups excluding carboxylic acids is 1. The van der Waals surface area contributed by atoms with Crippen molar-refractivity contribution < 1.29 is 14.3 Å². The largest absolute Gasteiger partial charge is 0.494 e. The molecule has 1 heterocycles. The van der Waals surface area contributed by atoms with Crippen molar-refractivity contribution in [2.45, 2.75) is 53.0 Å². The second-order valence-electron chi connectivity index (χ2n) is 6.47. The fourth-order valence-electron chi connectivity index (χ4n) is 3.11. The molecule has 0 radical (unpaired) electrons. The summed E-state index contributed by atoms with van der Waals surface area (Å²) < 4.78 is 11.2. The molecule has 1 saturated heterocycles. The zero-order valence-electron chi connectivity index (χ0n) is 14.9. The highest BCUT2D eigenvalue weighted by Crippen LogP contribution is 2.23. The summed E-state index contributed by atoms with van der Waals surface area (Å²) in [5.41, 5.74) is 2.49. The highest BCUT2D eigenvalue weighted by Gasteiger charge is 2.21. The molecule has 128 valence electrons. The molecule has 4 nitrogen and oxygen atoms in total. The Morgan fingerprint density at radius 1 is 1.22 bits per heavy atom. The van der Waals surface area contributed by atoms with Crippen molar-refractivity contribution in [3.05, 3.63) is 28.8 Å². The Balaban J connectivity index is 1.98. The van der Waals surface area contributed by atoms with Crippen LogP contribution in [0, 0.1) is 13.8 Å². The molecule has 4 heteroatoms. The van der Waals surface area contributed by atoms with Crippen molar-refractivity contribution >= 4 is 5.97 Å². The summed E-state index contributed by atoms with van der Waals surface area (Å²) in [6, 6.07) is 4.13. The molecular weight excluding hydrogens is 290 g/mol. The van der Waals surface area contributed by atoms with Crippen LogP contribution in [0.2, 0.25) is 0 Å². The topological polar surface area (TPSA) is 38.8 Å². The first kappa shape index (κ1) is 17.8. The normalized spacial score (nSPS) is 16.3. The van der Waals surface area contributed by atoms with Crippen molar-refractivity contribution in [1.82, 2.24) is 4.90 Å². The van der Waals surface area contributed by atoms with Crippen LogP contribution in [0.4, 0.5) is 0 Å². The summed E-state index contributed by atoms with van der Waals surface area (Å²) in [7, 11) is 0. The minimum Gasteiger partial charge on any atom is -0.494 e. The molecule has 2 rings (SSSR count). The maximum absolute atomic E-state index is 12.4. The lowest BCUT2D eigenvalue weighted by Crippen LogP contribution is -2.34. The third kappa shape index (κ3) is 4.71. The van der Waals surface area contributed by atoms with Gasteiger partial charge in [0.15, 0.2) is 0 Å². The molecular formula is C19H29NO3. The van der Waals surface area contributed by atoms with Gasteiger partial charge < -0.3 is 9.47 Å². The number of hydrogen-bond acceptors (Lipinski definition) is 4. The van der Waals surface area contributed by atoms with Crippen LogP contribution in [-0.4, -0.2) is 43.2 Å². The van der Waals surface area contributed by atoms with Crippen molar-refractivity contribution in [3.8, 4) is 5.75 Å². The highest BCUT2D eigenvalue weighted by molar-refractivity contribution is 5.93. The lowest BCUT2D eigenvalue weighted by molar-refractivity contribution is 0.0393. The Bertz CT molecular complexity index is 512. The molecule has 1 aromatic carbocycles. The molecule has 0 saturated carbocycles. The number of rotatable bonds is 7. The quantitative estimate of drug-likeness (QED) is 0.718. The van der Waals surface area contributed by atoms with E-state index >= 15 is 0 Å². The van der Waals surface area contributed by atoms with Gasteiger partial charge in [-0.05, 0) is 76.4 Å². The second-order valence-corrected chi connectivity index (χ2v) is 6.47. The first-order valence-corrected chi connectivity index (χ1v) is 8.68. The minimum absolute atomic E-state index is 0.229. The predicted molar refractivity (Wildman–Crippen MR) is 92.3 cm³/mol. The van der Waals surface area contributed by atoms with E-state index in [0.29, 0.717) is 18.8 Å². The number of carbonyl (C=O) groups is 1. The monoisotopic (exact) mass is 319 g/mol. The molecule has 0 bridgehead atoms. The average molecular weight is 319 g/mol. The number of ether oxygens (including phenoxy) is 2. The van der Waals surface area contributed by atoms with E-state index in [9.17, 15) is 4.79 Å². The molecule has 1 aliphatic heterocycles. The zero-order valence-corrected chi connectivity index (χ0v) is 14.9. The predicted octanol–water partition coefficient (Wildman–Crippen LogP) is 3.73. The number of benzene rings is 1. The van der Waals surface area contributed by atoms with Gasteiger partial charge in [0.2, 0.25) is 0 Å². The lowest BCUT2D eigenvalue weighted by atomic mass is 10.0. The Hall–Kier alpha value is -1.55. The van der Waals surface area contributed by atoms with E-state index in [0.717, 1.165) is 36.4 Å². The molecule has 0 N–H and O–H groups in total. The van der Waals surface area contributed by atoms with Crippen LogP contribution in [0.15, 0.2) is 12.1 Å². The van der Waals surface area contributed by atoms with Gasteiger partial charge >= 0.3 is 5.97 Å². The molecule has 1 aliphatic rings. The third-order valence-corrected chi connectivity index (χ3v) is 4.40. The lowest BCUT2D eigenvalue weighted by Gasteiger charge is -2.23. The molecule has 0 aromatic heterocycles. The van der Waals surface area contributed by atoms with Crippen LogP contribution in [0.25, 0.3) is 0 Å². The van der Waals surface area contributed by atoms with E-state index in [2.05, 4.69) is 18.7 Å². The zero-order chi connectivity index (χ0) is 16.8. The fraction of sp³-hybridized carbons (Fsp3) is 0.632. The van der Waals surface area contributed by atoms with Crippen molar-refractivity contribution in [2.75, 3.05) is 26.3 Å². The van der Waals surface area contributed by atoms with Gasteiger partial charge in [-0.15, -0.1) is 0 Å². The highest BCUT2D eigenvalue weighted by atomic mass is 16.5. The van der Waals surface area contributed by atoms with Gasteiger partial charge in [-0.1, -0.05) is 6.92 Å². The Morgan fingerprint density at radius 3 is 2.39 bits per heavy atom. The third-order valence-electron chi connectivity index (χ3n) is 4.40. The molecule has 1 aromatic rings. The Labute approximate surface area is 139 Å². The number of nitrogens with zero attached hydrogens (tertiary/aromatic N) is 1. The van der Waals surface area contributed by atoms with Crippen molar-refractivity contribution in [3.63, 3.8) is 0 Å². The smallest absolute Gasteiger partial charge is 0.338 e. The van der Waals surface area contributed by atoms with Crippen molar-refractivity contribution in [2.24, 2.45) is 0 Å².